The smallest absolute Gasteiger partial charge is 0.311 e. The summed E-state index contributed by atoms with van der Waals surface area (Å²) in [5, 5.41) is 12.6. The highest BCUT2D eigenvalue weighted by atomic mass is 16.6. The van der Waals surface area contributed by atoms with Gasteiger partial charge in [0.15, 0.2) is 0 Å². The minimum Gasteiger partial charge on any atom is -0.491 e. The van der Waals surface area contributed by atoms with Crippen LogP contribution in [-0.2, 0) is 14.3 Å². The van der Waals surface area contributed by atoms with Crippen LogP contribution in [0.2, 0.25) is 0 Å². The molecule has 0 fully saturated rings. The molecule has 0 aromatic heterocycles. The van der Waals surface area contributed by atoms with Crippen molar-refractivity contribution in [3.05, 3.63) is 39.3 Å². The van der Waals surface area contributed by atoms with Gasteiger partial charge in [0.2, 0.25) is 0 Å². The minimum atomic E-state index is -0.864. The fraction of sp³-hybridized carbons (Fsp3) is 0.417. The van der Waals surface area contributed by atoms with Crippen LogP contribution < -0.4 is 4.74 Å². The van der Waals surface area contributed by atoms with E-state index in [0.717, 1.165) is 0 Å². The van der Waals surface area contributed by atoms with Crippen LogP contribution in [0.3, 0.4) is 0 Å². The Hall–Kier alpha value is -2.39. The van der Waals surface area contributed by atoms with Crippen LogP contribution >= 0.6 is 0 Å². The predicted octanol–water partition coefficient (Wildman–Crippen LogP) is 1.30. The molecule has 0 unspecified atom stereocenters. The van der Waals surface area contributed by atoms with Gasteiger partial charge in [0.1, 0.15) is 19.0 Å². The Balaban J connectivity index is 2.05. The first-order valence-corrected chi connectivity index (χ1v) is 6.02. The van der Waals surface area contributed by atoms with Crippen molar-refractivity contribution in [3.63, 3.8) is 0 Å². The minimum absolute atomic E-state index is 0.00453. The third-order valence-corrected chi connectivity index (χ3v) is 2.24. The van der Waals surface area contributed by atoms with Gasteiger partial charge in [0.25, 0.3) is 5.69 Å². The second kappa shape index (κ2) is 9.50. The summed E-state index contributed by atoms with van der Waals surface area (Å²) in [7, 11) is 0. The van der Waals surface area contributed by atoms with E-state index in [2.05, 4.69) is 5.18 Å². The van der Waals surface area contributed by atoms with E-state index in [4.69, 9.17) is 14.2 Å². The highest BCUT2D eigenvalue weighted by Crippen LogP contribution is 2.16. The number of nitro groups is 1. The maximum absolute atomic E-state index is 10.5. The predicted molar refractivity (Wildman–Crippen MR) is 71.0 cm³/mol. The average Bonchev–Trinajstić information content (AvgIpc) is 2.50. The van der Waals surface area contributed by atoms with Gasteiger partial charge in [-0.15, -0.1) is 4.91 Å². The summed E-state index contributed by atoms with van der Waals surface area (Å²) >= 11 is 0. The number of amides is 1. The Bertz CT molecular complexity index is 475. The second-order valence-corrected chi connectivity index (χ2v) is 3.75. The normalized spacial score (nSPS) is 10.1. The van der Waals surface area contributed by atoms with Gasteiger partial charge in [-0.25, -0.2) is 0 Å². The zero-order valence-corrected chi connectivity index (χ0v) is 11.1. The SMILES string of the molecule is O=NC(=O)COCCOCCOc1ccc([N+](=O)[O-])cc1. The topological polar surface area (TPSA) is 117 Å². The van der Waals surface area contributed by atoms with Crippen LogP contribution in [0, 0.1) is 15.0 Å². The van der Waals surface area contributed by atoms with Crippen LogP contribution in [-0.4, -0.2) is 43.9 Å². The molecule has 1 aromatic rings. The van der Waals surface area contributed by atoms with E-state index in [1.807, 2.05) is 0 Å². The average molecular weight is 298 g/mol. The van der Waals surface area contributed by atoms with E-state index >= 15 is 0 Å². The number of non-ortho nitro benzene ring substituents is 1. The third kappa shape index (κ3) is 7.09. The van der Waals surface area contributed by atoms with Crippen molar-refractivity contribution in [1.29, 1.82) is 0 Å². The number of carbonyl (C=O) groups is 1. The first kappa shape index (κ1) is 16.7. The summed E-state index contributed by atoms with van der Waals surface area (Å²) in [6.07, 6.45) is 0. The quantitative estimate of drug-likeness (QED) is 0.276. The monoisotopic (exact) mass is 298 g/mol. The number of hydrogen-bond donors (Lipinski definition) is 0. The van der Waals surface area contributed by atoms with Gasteiger partial charge >= 0.3 is 5.91 Å². The van der Waals surface area contributed by atoms with E-state index in [1.165, 1.54) is 24.3 Å². The lowest BCUT2D eigenvalue weighted by atomic mass is 10.3. The molecule has 0 aliphatic carbocycles. The van der Waals surface area contributed by atoms with Crippen molar-refractivity contribution in [2.75, 3.05) is 33.0 Å². The molecule has 1 aromatic carbocycles. The summed E-state index contributed by atoms with van der Waals surface area (Å²) in [6.45, 7) is 0.619. The number of hydrogen-bond acceptors (Lipinski definition) is 7. The Morgan fingerprint density at radius 1 is 1.10 bits per heavy atom. The molecule has 0 saturated heterocycles. The molecule has 114 valence electrons. The van der Waals surface area contributed by atoms with Crippen LogP contribution in [0.25, 0.3) is 0 Å². The summed E-state index contributed by atoms with van der Waals surface area (Å²) in [4.78, 5) is 30.2. The molecule has 0 N–H and O–H groups in total. The van der Waals surface area contributed by atoms with E-state index in [0.29, 0.717) is 12.4 Å². The zero-order chi connectivity index (χ0) is 15.5. The van der Waals surface area contributed by atoms with Gasteiger partial charge in [0, 0.05) is 17.3 Å². The maximum Gasteiger partial charge on any atom is 0.311 e. The first-order chi connectivity index (χ1) is 10.1. The molecule has 0 heterocycles. The molecular weight excluding hydrogens is 284 g/mol. The standard InChI is InChI=1S/C12H14N2O7/c15-12(13-16)9-20-6-5-19-7-8-21-11-3-1-10(2-4-11)14(17)18/h1-4H,5-9H2. The Labute approximate surface area is 119 Å². The fourth-order valence-electron chi connectivity index (χ4n) is 1.29. The molecule has 0 radical (unpaired) electrons. The number of ether oxygens (including phenoxy) is 3. The van der Waals surface area contributed by atoms with Gasteiger partial charge in [0.05, 0.1) is 24.7 Å². The number of rotatable bonds is 10. The molecule has 0 aliphatic rings. The summed E-state index contributed by atoms with van der Waals surface area (Å²) in [5.74, 6) is -0.361. The molecule has 0 atom stereocenters. The third-order valence-electron chi connectivity index (χ3n) is 2.24. The molecule has 0 aliphatic heterocycles. The number of nitro benzene ring substituents is 1. The molecular formula is C12H14N2O7. The highest BCUT2D eigenvalue weighted by molar-refractivity contribution is 5.77. The Morgan fingerprint density at radius 2 is 1.71 bits per heavy atom. The molecule has 0 bridgehead atoms. The lowest BCUT2D eigenvalue weighted by Crippen LogP contribution is -2.13. The molecule has 0 spiro atoms. The van der Waals surface area contributed by atoms with E-state index in [-0.39, 0.29) is 32.1 Å². The van der Waals surface area contributed by atoms with Crippen LogP contribution in [0.1, 0.15) is 0 Å². The van der Waals surface area contributed by atoms with Crippen LogP contribution in [0.5, 0.6) is 5.75 Å². The second-order valence-electron chi connectivity index (χ2n) is 3.75. The number of benzene rings is 1. The zero-order valence-electron chi connectivity index (χ0n) is 11.1. The number of carbonyl (C=O) groups excluding carboxylic acids is 1. The lowest BCUT2D eigenvalue weighted by molar-refractivity contribution is -0.384. The first-order valence-electron chi connectivity index (χ1n) is 6.02. The van der Waals surface area contributed by atoms with Crippen molar-refractivity contribution >= 4 is 11.6 Å². The van der Waals surface area contributed by atoms with Gasteiger partial charge in [-0.1, -0.05) is 0 Å². The van der Waals surface area contributed by atoms with Crippen molar-refractivity contribution < 1.29 is 23.9 Å². The summed E-state index contributed by atoms with van der Waals surface area (Å²) in [5.41, 5.74) is -0.00453. The van der Waals surface area contributed by atoms with Gasteiger partial charge in [-0.05, 0) is 12.1 Å². The maximum atomic E-state index is 10.5. The molecule has 21 heavy (non-hydrogen) atoms. The van der Waals surface area contributed by atoms with Crippen LogP contribution in [0.15, 0.2) is 29.4 Å². The molecule has 1 amide bonds. The Morgan fingerprint density at radius 3 is 2.33 bits per heavy atom. The van der Waals surface area contributed by atoms with Crippen molar-refractivity contribution in [2.45, 2.75) is 0 Å². The van der Waals surface area contributed by atoms with E-state index < -0.39 is 10.8 Å². The molecule has 9 heteroatoms. The van der Waals surface area contributed by atoms with E-state index in [9.17, 15) is 19.8 Å². The summed E-state index contributed by atoms with van der Waals surface area (Å²) in [6, 6.07) is 5.70. The van der Waals surface area contributed by atoms with Crippen molar-refractivity contribution in [2.24, 2.45) is 5.18 Å². The molecule has 1 rings (SSSR count). The lowest BCUT2D eigenvalue weighted by Gasteiger charge is -2.07. The highest BCUT2D eigenvalue weighted by Gasteiger charge is 2.04. The van der Waals surface area contributed by atoms with Crippen molar-refractivity contribution in [1.82, 2.24) is 0 Å². The van der Waals surface area contributed by atoms with Gasteiger partial charge in [-0.3, -0.25) is 14.9 Å². The van der Waals surface area contributed by atoms with Gasteiger partial charge < -0.3 is 14.2 Å². The number of nitrogens with zero attached hydrogens (tertiary/aromatic N) is 2. The molecule has 9 nitrogen and oxygen atoms in total. The van der Waals surface area contributed by atoms with Crippen molar-refractivity contribution in [3.8, 4) is 5.75 Å². The number of nitroso groups, excluding NO2 is 1. The van der Waals surface area contributed by atoms with Gasteiger partial charge in [-0.2, -0.15) is 0 Å². The fourth-order valence-corrected chi connectivity index (χ4v) is 1.29. The van der Waals surface area contributed by atoms with Crippen LogP contribution in [0.4, 0.5) is 5.69 Å². The molecule has 0 saturated carbocycles. The summed E-state index contributed by atoms with van der Waals surface area (Å²) < 4.78 is 15.3. The van der Waals surface area contributed by atoms with E-state index in [1.54, 1.807) is 0 Å². The largest absolute Gasteiger partial charge is 0.491 e. The Kier molecular flexibility index (Phi) is 7.54.